The number of carbonyl (C=O) groups is 1. The topological polar surface area (TPSA) is 79.6 Å². The Labute approximate surface area is 160 Å². The second-order valence-corrected chi connectivity index (χ2v) is 7.17. The number of aryl methyl sites for hydroxylation is 1. The van der Waals surface area contributed by atoms with Crippen LogP contribution in [0.3, 0.4) is 0 Å². The third-order valence-electron chi connectivity index (χ3n) is 5.26. The molecule has 0 spiro atoms. The summed E-state index contributed by atoms with van der Waals surface area (Å²) < 4.78 is 7.73. The van der Waals surface area contributed by atoms with Gasteiger partial charge >= 0.3 is 0 Å². The van der Waals surface area contributed by atoms with Crippen molar-refractivity contribution in [2.24, 2.45) is 7.05 Å². The van der Waals surface area contributed by atoms with E-state index in [2.05, 4.69) is 15.2 Å². The van der Waals surface area contributed by atoms with E-state index in [4.69, 9.17) is 9.84 Å². The van der Waals surface area contributed by atoms with Gasteiger partial charge in [0.2, 0.25) is 5.91 Å². The zero-order valence-electron chi connectivity index (χ0n) is 16.0. The summed E-state index contributed by atoms with van der Waals surface area (Å²) in [4.78, 5) is 19.0. The number of nitrogens with one attached hydrogen (secondary N) is 1. The minimum absolute atomic E-state index is 0.0101. The molecule has 1 amide bonds. The first-order chi connectivity index (χ1) is 13.0. The van der Waals surface area contributed by atoms with Crippen molar-refractivity contribution in [1.29, 1.82) is 0 Å². The fourth-order valence-electron chi connectivity index (χ4n) is 3.48. The number of imidazole rings is 1. The summed E-state index contributed by atoms with van der Waals surface area (Å²) in [5, 5.41) is 11.8. The van der Waals surface area contributed by atoms with E-state index in [0.717, 1.165) is 36.5 Å². The lowest BCUT2D eigenvalue weighted by Crippen LogP contribution is -2.53. The molecule has 2 heterocycles. The average Bonchev–Trinajstić information content (AvgIpc) is 3.25. The van der Waals surface area contributed by atoms with Crippen molar-refractivity contribution in [1.82, 2.24) is 19.8 Å². The Morgan fingerprint density at radius 2 is 2.15 bits per heavy atom. The van der Waals surface area contributed by atoms with Crippen LogP contribution in [0.1, 0.15) is 31.2 Å². The van der Waals surface area contributed by atoms with E-state index in [0.29, 0.717) is 19.7 Å². The smallest absolute Gasteiger partial charge is 0.240 e. The minimum atomic E-state index is -0.525. The predicted molar refractivity (Wildman–Crippen MR) is 102 cm³/mol. The zero-order valence-corrected chi connectivity index (χ0v) is 16.0. The lowest BCUT2D eigenvalue weighted by Gasteiger charge is -2.34. The van der Waals surface area contributed by atoms with E-state index in [1.165, 1.54) is 0 Å². The van der Waals surface area contributed by atoms with Crippen molar-refractivity contribution in [2.45, 2.75) is 38.5 Å². The molecule has 146 valence electrons. The first kappa shape index (κ1) is 19.4. The lowest BCUT2D eigenvalue weighted by molar-refractivity contribution is -0.131. The van der Waals surface area contributed by atoms with Gasteiger partial charge in [-0.3, -0.25) is 9.69 Å². The quantitative estimate of drug-likeness (QED) is 0.733. The van der Waals surface area contributed by atoms with E-state index in [1.54, 1.807) is 6.20 Å². The van der Waals surface area contributed by atoms with Gasteiger partial charge in [0.15, 0.2) is 0 Å². The molecule has 0 bridgehead atoms. The number of aliphatic hydroxyl groups excluding tert-OH is 1. The number of amides is 1. The maximum absolute atomic E-state index is 12.5. The van der Waals surface area contributed by atoms with E-state index in [1.807, 2.05) is 49.0 Å². The van der Waals surface area contributed by atoms with Gasteiger partial charge in [0.05, 0.1) is 12.1 Å². The largest absolute Gasteiger partial charge is 0.486 e. The highest BCUT2D eigenvalue weighted by Gasteiger charge is 2.42. The van der Waals surface area contributed by atoms with Gasteiger partial charge in [-0.25, -0.2) is 4.98 Å². The Bertz CT molecular complexity index is 759. The Hall–Kier alpha value is -2.38. The van der Waals surface area contributed by atoms with E-state index < -0.39 is 5.54 Å². The number of hydrogen-bond acceptors (Lipinski definition) is 5. The molecule has 3 rings (SSSR count). The molecule has 0 radical (unpaired) electrons. The van der Waals surface area contributed by atoms with Crippen LogP contribution in [0.2, 0.25) is 0 Å². The van der Waals surface area contributed by atoms with Crippen LogP contribution in [-0.4, -0.2) is 50.7 Å². The van der Waals surface area contributed by atoms with Gasteiger partial charge in [-0.1, -0.05) is 12.1 Å². The van der Waals surface area contributed by atoms with Gasteiger partial charge in [-0.2, -0.15) is 0 Å². The Morgan fingerprint density at radius 1 is 1.37 bits per heavy atom. The maximum atomic E-state index is 12.5. The highest BCUT2D eigenvalue weighted by molar-refractivity contribution is 5.86. The van der Waals surface area contributed by atoms with Crippen LogP contribution in [0, 0.1) is 0 Å². The molecule has 7 nitrogen and oxygen atoms in total. The molecule has 1 fully saturated rings. The normalized spacial score (nSPS) is 20.0. The monoisotopic (exact) mass is 372 g/mol. The molecule has 27 heavy (non-hydrogen) atoms. The van der Waals surface area contributed by atoms with Crippen LogP contribution in [0.25, 0.3) is 0 Å². The number of hydrogen-bond donors (Lipinski definition) is 2. The summed E-state index contributed by atoms with van der Waals surface area (Å²) in [6, 6.07) is 7.99. The molecule has 2 aromatic rings. The highest BCUT2D eigenvalue weighted by Crippen LogP contribution is 2.31. The van der Waals surface area contributed by atoms with Gasteiger partial charge in [-0.05, 0) is 44.0 Å². The summed E-state index contributed by atoms with van der Waals surface area (Å²) in [5.41, 5.74) is 0.616. The fraction of sp³-hybridized carbons (Fsp3) is 0.500. The van der Waals surface area contributed by atoms with Crippen LogP contribution >= 0.6 is 0 Å². The van der Waals surface area contributed by atoms with Crippen molar-refractivity contribution < 1.29 is 14.6 Å². The molecule has 1 aliphatic heterocycles. The number of nitrogens with zero attached hydrogens (tertiary/aromatic N) is 3. The molecule has 0 saturated carbocycles. The van der Waals surface area contributed by atoms with Crippen LogP contribution in [0.4, 0.5) is 0 Å². The predicted octanol–water partition coefficient (Wildman–Crippen LogP) is 1.46. The number of rotatable bonds is 8. The van der Waals surface area contributed by atoms with Gasteiger partial charge in [-0.15, -0.1) is 0 Å². The van der Waals surface area contributed by atoms with Crippen molar-refractivity contribution in [3.63, 3.8) is 0 Å². The van der Waals surface area contributed by atoms with Crippen molar-refractivity contribution >= 4 is 5.91 Å². The van der Waals surface area contributed by atoms with Crippen LogP contribution in [0.5, 0.6) is 5.75 Å². The number of aliphatic hydroxyl groups is 1. The molecule has 2 N–H and O–H groups in total. The summed E-state index contributed by atoms with van der Waals surface area (Å²) in [7, 11) is 1.94. The molecular formula is C20H28N4O3. The van der Waals surface area contributed by atoms with Crippen molar-refractivity contribution in [2.75, 3.05) is 19.7 Å². The maximum Gasteiger partial charge on any atom is 0.240 e. The lowest BCUT2D eigenvalue weighted by atomic mass is 9.97. The summed E-state index contributed by atoms with van der Waals surface area (Å²) in [6.45, 7) is 4.27. The number of aromatic nitrogens is 2. The van der Waals surface area contributed by atoms with Crippen LogP contribution in [0.15, 0.2) is 36.7 Å². The van der Waals surface area contributed by atoms with Gasteiger partial charge < -0.3 is 19.7 Å². The number of likely N-dealkylation sites (tertiary alicyclic amines) is 1. The van der Waals surface area contributed by atoms with Crippen molar-refractivity contribution in [3.8, 4) is 5.75 Å². The van der Waals surface area contributed by atoms with Gasteiger partial charge in [0, 0.05) is 32.5 Å². The number of ether oxygens (including phenoxy) is 1. The molecule has 1 aliphatic rings. The van der Waals surface area contributed by atoms with Gasteiger partial charge in [0.25, 0.3) is 0 Å². The molecular weight excluding hydrogens is 344 g/mol. The Morgan fingerprint density at radius 3 is 2.81 bits per heavy atom. The zero-order chi connectivity index (χ0) is 19.3. The van der Waals surface area contributed by atoms with Crippen LogP contribution in [-0.2, 0) is 25.0 Å². The van der Waals surface area contributed by atoms with Crippen molar-refractivity contribution in [3.05, 3.63) is 48.0 Å². The summed E-state index contributed by atoms with van der Waals surface area (Å²) >= 11 is 0. The second kappa shape index (κ2) is 8.54. The molecule has 1 aromatic carbocycles. The first-order valence-electron chi connectivity index (χ1n) is 9.35. The highest BCUT2D eigenvalue weighted by atomic mass is 16.5. The molecule has 1 atom stereocenters. The SMILES string of the molecule is Cn1ccnc1COc1ccc(CN2CCC[C@]2(C)C(=O)NCCO)cc1. The van der Waals surface area contributed by atoms with Gasteiger partial charge in [0.1, 0.15) is 18.2 Å². The molecule has 1 saturated heterocycles. The van der Waals surface area contributed by atoms with E-state index in [9.17, 15) is 4.79 Å². The van der Waals surface area contributed by atoms with Crippen LogP contribution < -0.4 is 10.1 Å². The molecule has 7 heteroatoms. The standard InChI is InChI=1S/C20H28N4O3/c1-20(19(26)22-10-13-25)8-3-11-24(20)14-16-4-6-17(7-5-16)27-15-18-21-9-12-23(18)2/h4-7,9,12,25H,3,8,10-11,13-15H2,1-2H3,(H,22,26)/t20-/m1/s1. The van der Waals surface area contributed by atoms with E-state index >= 15 is 0 Å². The third-order valence-corrected chi connectivity index (χ3v) is 5.26. The number of benzene rings is 1. The molecule has 0 unspecified atom stereocenters. The molecule has 1 aromatic heterocycles. The summed E-state index contributed by atoms with van der Waals surface area (Å²) in [5.74, 6) is 1.66. The number of carbonyl (C=O) groups excluding carboxylic acids is 1. The third kappa shape index (κ3) is 4.48. The average molecular weight is 372 g/mol. The molecule has 0 aliphatic carbocycles. The Kier molecular flexibility index (Phi) is 6.13. The Balaban J connectivity index is 1.58. The summed E-state index contributed by atoms with van der Waals surface area (Å²) in [6.07, 6.45) is 5.47. The fourth-order valence-corrected chi connectivity index (χ4v) is 3.48. The second-order valence-electron chi connectivity index (χ2n) is 7.17. The minimum Gasteiger partial charge on any atom is -0.486 e. The first-order valence-corrected chi connectivity index (χ1v) is 9.35. The van der Waals surface area contributed by atoms with E-state index in [-0.39, 0.29) is 12.5 Å².